The number of nitrogens with one attached hydrogen (secondary N) is 2. The third kappa shape index (κ3) is 4.69. The highest BCUT2D eigenvalue weighted by atomic mass is 79.9. The molecule has 0 aliphatic heterocycles. The van der Waals surface area contributed by atoms with E-state index in [1.807, 2.05) is 46.8 Å². The van der Waals surface area contributed by atoms with E-state index in [4.69, 9.17) is 0 Å². The van der Waals surface area contributed by atoms with Gasteiger partial charge in [0.2, 0.25) is 5.91 Å². The lowest BCUT2D eigenvalue weighted by molar-refractivity contribution is -0.120. The normalized spacial score (nSPS) is 11.2. The summed E-state index contributed by atoms with van der Waals surface area (Å²) in [6.45, 7) is 10.3. The summed E-state index contributed by atoms with van der Waals surface area (Å²) in [5, 5.41) is 6.06. The Hall–Kier alpha value is -1.03. The summed E-state index contributed by atoms with van der Waals surface area (Å²) >= 11 is 3.53. The standard InChI is InChI=1S/C14H21BrN2O/c1-9-6-11(7-10(2)13(9)15)16-8-12(18)17-14(3,4)5/h6-7,16H,8H2,1-5H3,(H,17,18). The van der Waals surface area contributed by atoms with Crippen LogP contribution >= 0.6 is 15.9 Å². The van der Waals surface area contributed by atoms with Crippen LogP contribution in [-0.4, -0.2) is 18.0 Å². The molecule has 1 amide bonds. The van der Waals surface area contributed by atoms with Crippen molar-refractivity contribution in [3.8, 4) is 0 Å². The lowest BCUT2D eigenvalue weighted by Gasteiger charge is -2.21. The monoisotopic (exact) mass is 312 g/mol. The summed E-state index contributed by atoms with van der Waals surface area (Å²) in [5.41, 5.74) is 3.10. The van der Waals surface area contributed by atoms with Gasteiger partial charge in [-0.15, -0.1) is 0 Å². The number of carbonyl (C=O) groups excluding carboxylic acids is 1. The Labute approximate surface area is 117 Å². The van der Waals surface area contributed by atoms with Crippen LogP contribution in [0, 0.1) is 13.8 Å². The molecule has 0 unspecified atom stereocenters. The zero-order valence-electron chi connectivity index (χ0n) is 11.6. The average Bonchev–Trinajstić information content (AvgIpc) is 2.20. The highest BCUT2D eigenvalue weighted by Crippen LogP contribution is 2.24. The summed E-state index contributed by atoms with van der Waals surface area (Å²) < 4.78 is 1.12. The van der Waals surface area contributed by atoms with Crippen molar-refractivity contribution in [1.82, 2.24) is 5.32 Å². The maximum absolute atomic E-state index is 11.7. The fourth-order valence-electron chi connectivity index (χ4n) is 1.69. The first kappa shape index (κ1) is 15.0. The Morgan fingerprint density at radius 3 is 2.17 bits per heavy atom. The Kier molecular flexibility index (Phi) is 4.79. The van der Waals surface area contributed by atoms with Crippen molar-refractivity contribution in [2.45, 2.75) is 40.2 Å². The number of benzene rings is 1. The lowest BCUT2D eigenvalue weighted by Crippen LogP contribution is -2.43. The van der Waals surface area contributed by atoms with Crippen LogP contribution in [0.1, 0.15) is 31.9 Å². The molecule has 0 radical (unpaired) electrons. The van der Waals surface area contributed by atoms with Crippen molar-refractivity contribution in [3.63, 3.8) is 0 Å². The molecule has 0 spiro atoms. The van der Waals surface area contributed by atoms with Gasteiger partial charge < -0.3 is 10.6 Å². The molecule has 1 rings (SSSR count). The predicted octanol–water partition coefficient (Wildman–Crippen LogP) is 3.39. The average molecular weight is 313 g/mol. The molecule has 1 aromatic rings. The van der Waals surface area contributed by atoms with Crippen molar-refractivity contribution in [2.24, 2.45) is 0 Å². The Morgan fingerprint density at radius 1 is 1.22 bits per heavy atom. The zero-order chi connectivity index (χ0) is 13.9. The molecule has 4 heteroatoms. The van der Waals surface area contributed by atoms with Crippen molar-refractivity contribution in [1.29, 1.82) is 0 Å². The first-order valence-electron chi connectivity index (χ1n) is 6.00. The van der Waals surface area contributed by atoms with Crippen molar-refractivity contribution in [2.75, 3.05) is 11.9 Å². The van der Waals surface area contributed by atoms with Crippen molar-refractivity contribution < 1.29 is 4.79 Å². The summed E-state index contributed by atoms with van der Waals surface area (Å²) in [6.07, 6.45) is 0. The van der Waals surface area contributed by atoms with Crippen LogP contribution in [0.15, 0.2) is 16.6 Å². The third-order valence-electron chi connectivity index (χ3n) is 2.40. The molecule has 0 fully saturated rings. The number of aryl methyl sites for hydroxylation is 2. The van der Waals surface area contributed by atoms with Gasteiger partial charge in [-0.1, -0.05) is 15.9 Å². The summed E-state index contributed by atoms with van der Waals surface area (Å²) in [6, 6.07) is 4.06. The van der Waals surface area contributed by atoms with Gasteiger partial charge in [0.25, 0.3) is 0 Å². The smallest absolute Gasteiger partial charge is 0.239 e. The molecule has 0 atom stereocenters. The molecule has 0 aliphatic rings. The van der Waals surface area contributed by atoms with E-state index < -0.39 is 0 Å². The number of carbonyl (C=O) groups is 1. The lowest BCUT2D eigenvalue weighted by atomic mass is 10.1. The van der Waals surface area contributed by atoms with Crippen LogP contribution in [0.3, 0.4) is 0 Å². The fraction of sp³-hybridized carbons (Fsp3) is 0.500. The van der Waals surface area contributed by atoms with Gasteiger partial charge >= 0.3 is 0 Å². The first-order chi connectivity index (χ1) is 8.19. The van der Waals surface area contributed by atoms with Gasteiger partial charge in [-0.25, -0.2) is 0 Å². The topological polar surface area (TPSA) is 41.1 Å². The summed E-state index contributed by atoms with van der Waals surface area (Å²) in [4.78, 5) is 11.7. The summed E-state index contributed by atoms with van der Waals surface area (Å²) in [5.74, 6) is 0.000671. The van der Waals surface area contributed by atoms with E-state index in [0.717, 1.165) is 21.3 Å². The van der Waals surface area contributed by atoms with Crippen LogP contribution in [0.2, 0.25) is 0 Å². The molecule has 18 heavy (non-hydrogen) atoms. The molecular weight excluding hydrogens is 292 g/mol. The Balaban J connectivity index is 2.62. The number of halogens is 1. The van der Waals surface area contributed by atoms with E-state index in [2.05, 4.69) is 26.6 Å². The molecule has 0 saturated carbocycles. The molecule has 0 bridgehead atoms. The second-order valence-electron chi connectivity index (χ2n) is 5.58. The second kappa shape index (κ2) is 5.74. The minimum absolute atomic E-state index is 0.000671. The van der Waals surface area contributed by atoms with E-state index in [0.29, 0.717) is 0 Å². The van der Waals surface area contributed by atoms with Crippen molar-refractivity contribution in [3.05, 3.63) is 27.7 Å². The Morgan fingerprint density at radius 2 is 1.72 bits per heavy atom. The van der Waals surface area contributed by atoms with E-state index >= 15 is 0 Å². The largest absolute Gasteiger partial charge is 0.376 e. The third-order valence-corrected chi connectivity index (χ3v) is 3.65. The Bertz CT molecular complexity index is 427. The van der Waals surface area contributed by atoms with Gasteiger partial charge in [0.1, 0.15) is 0 Å². The second-order valence-corrected chi connectivity index (χ2v) is 6.37. The van der Waals surface area contributed by atoms with Gasteiger partial charge in [-0.3, -0.25) is 4.79 Å². The van der Waals surface area contributed by atoms with Crippen LogP contribution < -0.4 is 10.6 Å². The van der Waals surface area contributed by atoms with Gasteiger partial charge in [0, 0.05) is 15.7 Å². The van der Waals surface area contributed by atoms with Crippen LogP contribution in [-0.2, 0) is 4.79 Å². The number of rotatable bonds is 3. The molecule has 0 aromatic heterocycles. The van der Waals surface area contributed by atoms with Gasteiger partial charge in [-0.05, 0) is 57.9 Å². The highest BCUT2D eigenvalue weighted by Gasteiger charge is 2.13. The van der Waals surface area contributed by atoms with Gasteiger partial charge in [0.05, 0.1) is 6.54 Å². The van der Waals surface area contributed by atoms with E-state index in [1.165, 1.54) is 0 Å². The minimum Gasteiger partial charge on any atom is -0.376 e. The minimum atomic E-state index is -0.190. The molecule has 2 N–H and O–H groups in total. The quantitative estimate of drug-likeness (QED) is 0.898. The number of anilines is 1. The maximum Gasteiger partial charge on any atom is 0.239 e. The maximum atomic E-state index is 11.7. The van der Waals surface area contributed by atoms with Gasteiger partial charge in [0.15, 0.2) is 0 Å². The SMILES string of the molecule is Cc1cc(NCC(=O)NC(C)(C)C)cc(C)c1Br. The zero-order valence-corrected chi connectivity index (χ0v) is 13.2. The molecule has 0 heterocycles. The summed E-state index contributed by atoms with van der Waals surface area (Å²) in [7, 11) is 0. The van der Waals surface area contributed by atoms with E-state index in [1.54, 1.807) is 0 Å². The molecule has 1 aromatic carbocycles. The molecule has 0 aliphatic carbocycles. The van der Waals surface area contributed by atoms with Gasteiger partial charge in [-0.2, -0.15) is 0 Å². The molecule has 3 nitrogen and oxygen atoms in total. The number of amides is 1. The number of hydrogen-bond acceptors (Lipinski definition) is 2. The highest BCUT2D eigenvalue weighted by molar-refractivity contribution is 9.10. The van der Waals surface area contributed by atoms with Crippen LogP contribution in [0.4, 0.5) is 5.69 Å². The van der Waals surface area contributed by atoms with Crippen LogP contribution in [0.25, 0.3) is 0 Å². The first-order valence-corrected chi connectivity index (χ1v) is 6.80. The fourth-order valence-corrected chi connectivity index (χ4v) is 1.92. The molecular formula is C14H21BrN2O. The molecule has 0 saturated heterocycles. The van der Waals surface area contributed by atoms with E-state index in [-0.39, 0.29) is 18.0 Å². The number of hydrogen-bond donors (Lipinski definition) is 2. The van der Waals surface area contributed by atoms with Crippen molar-refractivity contribution >= 4 is 27.5 Å². The van der Waals surface area contributed by atoms with E-state index in [9.17, 15) is 4.79 Å². The van der Waals surface area contributed by atoms with Crippen LogP contribution in [0.5, 0.6) is 0 Å². The molecule has 100 valence electrons. The predicted molar refractivity (Wildman–Crippen MR) is 80.0 cm³/mol.